The molecule has 1 aromatic heterocycles. The third-order valence-electron chi connectivity index (χ3n) is 3.71. The van der Waals surface area contributed by atoms with E-state index >= 15 is 0 Å². The Bertz CT molecular complexity index is 1010. The number of nitrogens with one attached hydrogen (secondary N) is 1. The summed E-state index contributed by atoms with van der Waals surface area (Å²) in [5, 5.41) is 7.87. The van der Waals surface area contributed by atoms with Crippen LogP contribution in [0, 0.1) is 0 Å². The quantitative estimate of drug-likeness (QED) is 0.706. The highest BCUT2D eigenvalue weighted by molar-refractivity contribution is 7.90. The maximum Gasteiger partial charge on any atom is 0.175 e. The number of halogens is 2. The molecule has 8 heteroatoms. The summed E-state index contributed by atoms with van der Waals surface area (Å²) in [4.78, 5) is 0.254. The monoisotopic (exact) mass is 396 g/mol. The smallest absolute Gasteiger partial charge is 0.175 e. The summed E-state index contributed by atoms with van der Waals surface area (Å²) >= 11 is 12.4. The van der Waals surface area contributed by atoms with E-state index in [4.69, 9.17) is 27.9 Å². The molecule has 0 amide bonds. The molecule has 0 aliphatic carbocycles. The van der Waals surface area contributed by atoms with Gasteiger partial charge in [-0.1, -0.05) is 35.3 Å². The van der Waals surface area contributed by atoms with Crippen molar-refractivity contribution in [3.63, 3.8) is 0 Å². The lowest BCUT2D eigenvalue weighted by Crippen LogP contribution is -1.96. The van der Waals surface area contributed by atoms with E-state index < -0.39 is 9.84 Å². The third kappa shape index (κ3) is 3.51. The van der Waals surface area contributed by atoms with Crippen LogP contribution in [-0.2, 0) is 9.84 Å². The van der Waals surface area contributed by atoms with Crippen molar-refractivity contribution in [3.8, 4) is 28.1 Å². The second-order valence-corrected chi connectivity index (χ2v) is 8.25. The first-order chi connectivity index (χ1) is 11.8. The van der Waals surface area contributed by atoms with Crippen LogP contribution in [0.5, 0.6) is 5.75 Å². The highest BCUT2D eigenvalue weighted by atomic mass is 35.5. The summed E-state index contributed by atoms with van der Waals surface area (Å²) in [6.45, 7) is 0. The van der Waals surface area contributed by atoms with Gasteiger partial charge in [0.1, 0.15) is 0 Å². The Morgan fingerprint density at radius 3 is 2.16 bits per heavy atom. The number of aromatic amines is 1. The van der Waals surface area contributed by atoms with Crippen molar-refractivity contribution in [3.05, 3.63) is 52.6 Å². The second-order valence-electron chi connectivity index (χ2n) is 5.42. The molecule has 0 bridgehead atoms. The first-order valence-electron chi connectivity index (χ1n) is 7.19. The molecule has 3 aromatic rings. The van der Waals surface area contributed by atoms with E-state index in [0.29, 0.717) is 21.5 Å². The molecule has 0 atom stereocenters. The summed E-state index contributed by atoms with van der Waals surface area (Å²) < 4.78 is 28.3. The number of nitrogens with zero attached hydrogens (tertiary/aromatic N) is 1. The fourth-order valence-electron chi connectivity index (χ4n) is 2.50. The van der Waals surface area contributed by atoms with Gasteiger partial charge in [0.2, 0.25) is 0 Å². The van der Waals surface area contributed by atoms with Gasteiger partial charge in [-0.25, -0.2) is 8.42 Å². The van der Waals surface area contributed by atoms with E-state index in [1.165, 1.54) is 13.4 Å². The van der Waals surface area contributed by atoms with Crippen LogP contribution in [0.1, 0.15) is 0 Å². The van der Waals surface area contributed by atoms with Gasteiger partial charge in [-0.3, -0.25) is 5.10 Å². The molecule has 25 heavy (non-hydrogen) atoms. The standard InChI is InChI=1S/C17H14Cl2N2O3S/c1-24-17-14(18)7-11(8-15(17)19)13-9-20-21-16(13)10-3-5-12(6-4-10)25(2,22)23/h3-9H,1-2H3,(H,20,21). The van der Waals surface area contributed by atoms with Gasteiger partial charge in [0.15, 0.2) is 15.6 Å². The number of sulfone groups is 1. The van der Waals surface area contributed by atoms with Crippen molar-refractivity contribution < 1.29 is 13.2 Å². The fourth-order valence-corrected chi connectivity index (χ4v) is 3.77. The summed E-state index contributed by atoms with van der Waals surface area (Å²) in [6, 6.07) is 10.0. The number of ether oxygens (including phenoxy) is 1. The van der Waals surface area contributed by atoms with E-state index in [9.17, 15) is 8.42 Å². The van der Waals surface area contributed by atoms with Gasteiger partial charge >= 0.3 is 0 Å². The second kappa shape index (κ2) is 6.71. The highest BCUT2D eigenvalue weighted by Crippen LogP contribution is 2.39. The lowest BCUT2D eigenvalue weighted by molar-refractivity contribution is 0.415. The molecule has 0 aliphatic rings. The Kier molecular flexibility index (Phi) is 4.77. The molecule has 0 radical (unpaired) electrons. The average molecular weight is 397 g/mol. The normalized spacial score (nSPS) is 11.5. The van der Waals surface area contributed by atoms with Crippen molar-refractivity contribution in [2.45, 2.75) is 4.90 Å². The van der Waals surface area contributed by atoms with Gasteiger partial charge in [0.25, 0.3) is 0 Å². The largest absolute Gasteiger partial charge is 0.494 e. The molecule has 0 saturated heterocycles. The molecule has 2 aromatic carbocycles. The SMILES string of the molecule is COc1c(Cl)cc(-c2c[nH]nc2-c2ccc(S(C)(=O)=O)cc2)cc1Cl. The van der Waals surface area contributed by atoms with E-state index in [0.717, 1.165) is 16.7 Å². The maximum absolute atomic E-state index is 11.6. The average Bonchev–Trinajstić information content (AvgIpc) is 3.03. The molecule has 5 nitrogen and oxygen atoms in total. The van der Waals surface area contributed by atoms with Crippen LogP contribution >= 0.6 is 23.2 Å². The van der Waals surface area contributed by atoms with Crippen LogP contribution in [0.15, 0.2) is 47.5 Å². The van der Waals surface area contributed by atoms with E-state index in [1.807, 2.05) is 0 Å². The number of H-pyrrole nitrogens is 1. The van der Waals surface area contributed by atoms with E-state index in [-0.39, 0.29) is 4.90 Å². The minimum atomic E-state index is -3.25. The Hall–Kier alpha value is -2.02. The van der Waals surface area contributed by atoms with Crippen LogP contribution in [0.3, 0.4) is 0 Å². The number of hydrogen-bond donors (Lipinski definition) is 1. The molecule has 1 heterocycles. The van der Waals surface area contributed by atoms with Gasteiger partial charge < -0.3 is 4.74 Å². The molecular formula is C17H14Cl2N2O3S. The number of rotatable bonds is 4. The molecule has 0 aliphatic heterocycles. The Morgan fingerprint density at radius 2 is 1.64 bits per heavy atom. The lowest BCUT2D eigenvalue weighted by atomic mass is 10.0. The number of benzene rings is 2. The van der Waals surface area contributed by atoms with Gasteiger partial charge in [0.05, 0.1) is 27.7 Å². The summed E-state index contributed by atoms with van der Waals surface area (Å²) in [5.41, 5.74) is 2.99. The van der Waals surface area contributed by atoms with E-state index in [1.54, 1.807) is 42.6 Å². The zero-order valence-electron chi connectivity index (χ0n) is 13.4. The van der Waals surface area contributed by atoms with Crippen molar-refractivity contribution in [1.82, 2.24) is 10.2 Å². The zero-order chi connectivity index (χ0) is 18.2. The van der Waals surface area contributed by atoms with Gasteiger partial charge in [-0.15, -0.1) is 0 Å². The molecule has 130 valence electrons. The van der Waals surface area contributed by atoms with Gasteiger partial charge in [-0.05, 0) is 29.8 Å². The number of hydrogen-bond acceptors (Lipinski definition) is 4. The van der Waals surface area contributed by atoms with Crippen molar-refractivity contribution in [2.24, 2.45) is 0 Å². The fraction of sp³-hybridized carbons (Fsp3) is 0.118. The highest BCUT2D eigenvalue weighted by Gasteiger charge is 2.16. The summed E-state index contributed by atoms with van der Waals surface area (Å²) in [7, 11) is -1.75. The summed E-state index contributed by atoms with van der Waals surface area (Å²) in [6.07, 6.45) is 2.90. The predicted octanol–water partition coefficient (Wildman–Crippen LogP) is 4.46. The van der Waals surface area contributed by atoms with Crippen LogP contribution < -0.4 is 4.74 Å². The Labute approximate surface area is 155 Å². The topological polar surface area (TPSA) is 72.0 Å². The number of methoxy groups -OCH3 is 1. The van der Waals surface area contributed by atoms with Crippen LogP contribution in [0.4, 0.5) is 0 Å². The van der Waals surface area contributed by atoms with E-state index in [2.05, 4.69) is 10.2 Å². The zero-order valence-corrected chi connectivity index (χ0v) is 15.7. The Balaban J connectivity index is 2.07. The Morgan fingerprint density at radius 1 is 1.04 bits per heavy atom. The predicted molar refractivity (Wildman–Crippen MR) is 99.1 cm³/mol. The lowest BCUT2D eigenvalue weighted by Gasteiger charge is -2.09. The van der Waals surface area contributed by atoms with Crippen molar-refractivity contribution in [1.29, 1.82) is 0 Å². The molecular weight excluding hydrogens is 383 g/mol. The summed E-state index contributed by atoms with van der Waals surface area (Å²) in [5.74, 6) is 0.412. The minimum Gasteiger partial charge on any atom is -0.494 e. The van der Waals surface area contributed by atoms with Crippen LogP contribution in [0.25, 0.3) is 22.4 Å². The molecule has 0 fully saturated rings. The van der Waals surface area contributed by atoms with Gasteiger partial charge in [0, 0.05) is 23.6 Å². The molecule has 0 spiro atoms. The first kappa shape index (κ1) is 17.8. The molecule has 3 rings (SSSR count). The van der Waals surface area contributed by atoms with Crippen molar-refractivity contribution in [2.75, 3.05) is 13.4 Å². The molecule has 0 unspecified atom stereocenters. The first-order valence-corrected chi connectivity index (χ1v) is 9.83. The molecule has 0 saturated carbocycles. The molecule has 1 N–H and O–H groups in total. The third-order valence-corrected chi connectivity index (χ3v) is 5.40. The maximum atomic E-state index is 11.6. The van der Waals surface area contributed by atoms with Gasteiger partial charge in [-0.2, -0.15) is 5.10 Å². The van der Waals surface area contributed by atoms with Crippen LogP contribution in [0.2, 0.25) is 10.0 Å². The van der Waals surface area contributed by atoms with Crippen LogP contribution in [-0.4, -0.2) is 32.0 Å². The minimum absolute atomic E-state index is 0.254. The number of aromatic nitrogens is 2. The van der Waals surface area contributed by atoms with Crippen molar-refractivity contribution >= 4 is 33.0 Å².